The fraction of sp³-hybridized carbons (Fsp3) is 0.429. The van der Waals surface area contributed by atoms with Gasteiger partial charge in [0, 0.05) is 6.54 Å². The molecule has 6 nitrogen and oxygen atoms in total. The highest BCUT2D eigenvalue weighted by Crippen LogP contribution is 2.13. The number of nitrogens with zero attached hydrogens (tertiary/aromatic N) is 1. The van der Waals surface area contributed by atoms with E-state index in [2.05, 4.69) is 10.1 Å². The number of alkyl carbamates (subject to hydrolysis) is 1. The van der Waals surface area contributed by atoms with Crippen LogP contribution in [0, 0.1) is 0 Å². The van der Waals surface area contributed by atoms with E-state index in [1.165, 1.54) is 7.11 Å². The second-order valence-electron chi connectivity index (χ2n) is 4.42. The van der Waals surface area contributed by atoms with Crippen molar-refractivity contribution >= 4 is 12.0 Å². The minimum Gasteiger partial charge on any atom is -0.497 e. The lowest BCUT2D eigenvalue weighted by Gasteiger charge is -2.23. The van der Waals surface area contributed by atoms with E-state index in [1.54, 1.807) is 14.0 Å². The van der Waals surface area contributed by atoms with E-state index in [4.69, 9.17) is 4.74 Å². The summed E-state index contributed by atoms with van der Waals surface area (Å²) in [6.45, 7) is 2.31. The average Bonchev–Trinajstić information content (AvgIpc) is 2.46. The zero-order chi connectivity index (χ0) is 15.1. The molecule has 0 aliphatic rings. The monoisotopic (exact) mass is 280 g/mol. The van der Waals surface area contributed by atoms with Crippen molar-refractivity contribution in [2.75, 3.05) is 21.3 Å². The number of likely N-dealkylation sites (N-methyl/N-ethyl adjacent to an activating group) is 1. The van der Waals surface area contributed by atoms with Gasteiger partial charge in [-0.15, -0.1) is 0 Å². The Labute approximate surface area is 118 Å². The van der Waals surface area contributed by atoms with Crippen LogP contribution in [0.1, 0.15) is 12.5 Å². The highest BCUT2D eigenvalue weighted by atomic mass is 16.5. The van der Waals surface area contributed by atoms with Crippen LogP contribution in [-0.4, -0.2) is 44.2 Å². The van der Waals surface area contributed by atoms with Crippen molar-refractivity contribution in [1.82, 2.24) is 10.2 Å². The van der Waals surface area contributed by atoms with Crippen molar-refractivity contribution in [2.45, 2.75) is 19.5 Å². The molecule has 0 saturated heterocycles. The summed E-state index contributed by atoms with van der Waals surface area (Å²) < 4.78 is 9.48. The Morgan fingerprint density at radius 2 is 1.85 bits per heavy atom. The van der Waals surface area contributed by atoms with Crippen molar-refractivity contribution in [3.8, 4) is 5.75 Å². The first-order chi connectivity index (χ1) is 9.47. The number of nitrogens with one attached hydrogen (secondary N) is 1. The summed E-state index contributed by atoms with van der Waals surface area (Å²) in [6.07, 6.45) is -0.750. The minimum absolute atomic E-state index is 0.395. The van der Waals surface area contributed by atoms with E-state index in [-0.39, 0.29) is 0 Å². The van der Waals surface area contributed by atoms with Gasteiger partial charge in [0.15, 0.2) is 0 Å². The smallest absolute Gasteiger partial charge is 0.413 e. The van der Waals surface area contributed by atoms with Crippen LogP contribution < -0.4 is 10.1 Å². The molecule has 6 heteroatoms. The van der Waals surface area contributed by atoms with Crippen molar-refractivity contribution in [3.63, 3.8) is 0 Å². The lowest BCUT2D eigenvalue weighted by atomic mass is 10.2. The molecule has 0 spiro atoms. The van der Waals surface area contributed by atoms with Crippen LogP contribution in [0.5, 0.6) is 5.75 Å². The van der Waals surface area contributed by atoms with E-state index < -0.39 is 18.0 Å². The Balaban J connectivity index is 2.57. The summed E-state index contributed by atoms with van der Waals surface area (Å²) in [6, 6.07) is 7.14. The molecule has 20 heavy (non-hydrogen) atoms. The molecule has 0 aliphatic carbocycles. The van der Waals surface area contributed by atoms with Crippen LogP contribution in [0.15, 0.2) is 24.3 Å². The number of rotatable bonds is 5. The van der Waals surface area contributed by atoms with Crippen LogP contribution in [0.25, 0.3) is 0 Å². The zero-order valence-corrected chi connectivity index (χ0v) is 12.2. The van der Waals surface area contributed by atoms with E-state index in [0.717, 1.165) is 11.3 Å². The molecule has 0 aliphatic heterocycles. The van der Waals surface area contributed by atoms with Gasteiger partial charge in [0.2, 0.25) is 5.91 Å². The molecule has 1 aromatic rings. The standard InChI is InChI=1S/C14H20N2O4/c1-10(13(17)15-14(18)20-4)16(2)9-11-5-7-12(19-3)8-6-11/h5-8,10H,9H2,1-4H3,(H,15,17,18)/t10-/m0/s1. The average molecular weight is 280 g/mol. The Morgan fingerprint density at radius 1 is 1.25 bits per heavy atom. The van der Waals surface area contributed by atoms with Gasteiger partial charge in [-0.05, 0) is 31.7 Å². The Morgan fingerprint density at radius 3 is 2.35 bits per heavy atom. The number of imide groups is 1. The van der Waals surface area contributed by atoms with Crippen LogP contribution >= 0.6 is 0 Å². The van der Waals surface area contributed by atoms with E-state index in [0.29, 0.717) is 6.54 Å². The van der Waals surface area contributed by atoms with Crippen molar-refractivity contribution in [3.05, 3.63) is 29.8 Å². The Hall–Kier alpha value is -2.08. The second-order valence-corrected chi connectivity index (χ2v) is 4.42. The lowest BCUT2D eigenvalue weighted by Crippen LogP contribution is -2.45. The predicted molar refractivity (Wildman–Crippen MR) is 74.5 cm³/mol. The molecular weight excluding hydrogens is 260 g/mol. The fourth-order valence-electron chi connectivity index (χ4n) is 1.61. The van der Waals surface area contributed by atoms with Gasteiger partial charge in [0.05, 0.1) is 20.3 Å². The maximum absolute atomic E-state index is 11.8. The van der Waals surface area contributed by atoms with E-state index in [9.17, 15) is 9.59 Å². The molecule has 0 radical (unpaired) electrons. The summed E-state index contributed by atoms with van der Waals surface area (Å²) in [5, 5.41) is 2.15. The molecule has 0 saturated carbocycles. The van der Waals surface area contributed by atoms with Crippen LogP contribution in [0.4, 0.5) is 4.79 Å². The highest BCUT2D eigenvalue weighted by Gasteiger charge is 2.20. The molecule has 110 valence electrons. The minimum atomic E-state index is -0.750. The summed E-state index contributed by atoms with van der Waals surface area (Å²) in [4.78, 5) is 24.6. The Bertz CT molecular complexity index is 459. The molecule has 1 rings (SSSR count). The second kappa shape index (κ2) is 7.49. The van der Waals surface area contributed by atoms with Gasteiger partial charge < -0.3 is 9.47 Å². The van der Waals surface area contributed by atoms with Crippen molar-refractivity contribution in [1.29, 1.82) is 0 Å². The number of hydrogen-bond acceptors (Lipinski definition) is 5. The van der Waals surface area contributed by atoms with Gasteiger partial charge in [-0.2, -0.15) is 0 Å². The van der Waals surface area contributed by atoms with Gasteiger partial charge in [-0.1, -0.05) is 12.1 Å². The largest absolute Gasteiger partial charge is 0.497 e. The summed E-state index contributed by atoms with van der Waals surface area (Å²) >= 11 is 0. The quantitative estimate of drug-likeness (QED) is 0.883. The normalized spacial score (nSPS) is 11.8. The first kappa shape index (κ1) is 16.0. The highest BCUT2D eigenvalue weighted by molar-refractivity contribution is 5.94. The number of amides is 2. The first-order valence-corrected chi connectivity index (χ1v) is 6.20. The third-order valence-corrected chi connectivity index (χ3v) is 3.04. The van der Waals surface area contributed by atoms with Crippen molar-refractivity contribution < 1.29 is 19.1 Å². The van der Waals surface area contributed by atoms with Gasteiger partial charge >= 0.3 is 6.09 Å². The zero-order valence-electron chi connectivity index (χ0n) is 12.2. The summed E-state index contributed by atoms with van der Waals surface area (Å²) in [5.74, 6) is 0.390. The van der Waals surface area contributed by atoms with Crippen LogP contribution in [0.3, 0.4) is 0 Å². The fourth-order valence-corrected chi connectivity index (χ4v) is 1.61. The maximum Gasteiger partial charge on any atom is 0.413 e. The van der Waals surface area contributed by atoms with Gasteiger partial charge in [-0.25, -0.2) is 4.79 Å². The topological polar surface area (TPSA) is 67.9 Å². The molecule has 0 unspecified atom stereocenters. The van der Waals surface area contributed by atoms with Gasteiger partial charge in [-0.3, -0.25) is 15.0 Å². The number of benzene rings is 1. The molecule has 1 N–H and O–H groups in total. The first-order valence-electron chi connectivity index (χ1n) is 6.20. The molecule has 1 aromatic carbocycles. The van der Waals surface area contributed by atoms with E-state index >= 15 is 0 Å². The predicted octanol–water partition coefficient (Wildman–Crippen LogP) is 1.40. The van der Waals surface area contributed by atoms with Gasteiger partial charge in [0.1, 0.15) is 5.75 Å². The summed E-state index contributed by atoms with van der Waals surface area (Å²) in [7, 11) is 4.64. The van der Waals surface area contributed by atoms with E-state index in [1.807, 2.05) is 36.2 Å². The van der Waals surface area contributed by atoms with Crippen LogP contribution in [-0.2, 0) is 16.1 Å². The lowest BCUT2D eigenvalue weighted by molar-refractivity contribution is -0.124. The van der Waals surface area contributed by atoms with Gasteiger partial charge in [0.25, 0.3) is 0 Å². The molecular formula is C14H20N2O4. The summed E-state index contributed by atoms with van der Waals surface area (Å²) in [5.41, 5.74) is 1.05. The molecule has 0 bridgehead atoms. The number of carbonyl (C=O) groups is 2. The molecule has 2 amide bonds. The molecule has 0 fully saturated rings. The SMILES string of the molecule is COC(=O)NC(=O)[C@H](C)N(C)Cc1ccc(OC)cc1. The number of methoxy groups -OCH3 is 2. The van der Waals surface area contributed by atoms with Crippen LogP contribution in [0.2, 0.25) is 0 Å². The number of ether oxygens (including phenoxy) is 2. The Kier molecular flexibility index (Phi) is 5.99. The maximum atomic E-state index is 11.8. The third kappa shape index (κ3) is 4.55. The van der Waals surface area contributed by atoms with Crippen molar-refractivity contribution in [2.24, 2.45) is 0 Å². The molecule has 1 atom stereocenters. The number of carbonyl (C=O) groups excluding carboxylic acids is 2. The number of hydrogen-bond donors (Lipinski definition) is 1. The third-order valence-electron chi connectivity index (χ3n) is 3.04. The molecule has 0 heterocycles. The molecule has 0 aromatic heterocycles.